The maximum absolute atomic E-state index is 12.0. The molecule has 1 heterocycles. The smallest absolute Gasteiger partial charge is 0.227 e. The minimum Gasteiger partial charge on any atom is -0.340 e. The zero-order valence-electron chi connectivity index (χ0n) is 10.2. The van der Waals surface area contributed by atoms with Gasteiger partial charge in [-0.3, -0.25) is 4.79 Å². The van der Waals surface area contributed by atoms with E-state index in [4.69, 9.17) is 7.85 Å². The van der Waals surface area contributed by atoms with Crippen molar-refractivity contribution < 1.29 is 4.79 Å². The Hall–Kier alpha value is -1.29. The minimum absolute atomic E-state index is 0.211. The Morgan fingerprint density at radius 1 is 1.18 bits per heavy atom. The van der Waals surface area contributed by atoms with E-state index in [0.29, 0.717) is 6.42 Å². The molecule has 0 bridgehead atoms. The number of likely N-dealkylation sites (N-methyl/N-ethyl adjacent to an activating group) is 1. The number of carbonyl (C=O) groups excluding carboxylic acids is 1. The molecule has 0 spiro atoms. The van der Waals surface area contributed by atoms with Crippen LogP contribution in [0.1, 0.15) is 5.56 Å². The number of hydrogen-bond acceptors (Lipinski definition) is 2. The molecule has 0 N–H and O–H groups in total. The lowest BCUT2D eigenvalue weighted by Crippen LogP contribution is -2.47. The monoisotopic (exact) mass is 228 g/mol. The Morgan fingerprint density at radius 2 is 1.76 bits per heavy atom. The first-order valence-electron chi connectivity index (χ1n) is 5.96. The Balaban J connectivity index is 1.90. The van der Waals surface area contributed by atoms with Crippen LogP contribution in [-0.2, 0) is 11.2 Å². The van der Waals surface area contributed by atoms with Crippen LogP contribution < -0.4 is 5.46 Å². The summed E-state index contributed by atoms with van der Waals surface area (Å²) in [4.78, 5) is 16.2. The summed E-state index contributed by atoms with van der Waals surface area (Å²) in [6.45, 7) is 3.61. The van der Waals surface area contributed by atoms with Gasteiger partial charge < -0.3 is 9.80 Å². The summed E-state index contributed by atoms with van der Waals surface area (Å²) in [6, 6.07) is 7.52. The largest absolute Gasteiger partial charge is 0.340 e. The zero-order valence-corrected chi connectivity index (χ0v) is 10.2. The zero-order chi connectivity index (χ0) is 12.3. The van der Waals surface area contributed by atoms with Crippen molar-refractivity contribution >= 4 is 19.2 Å². The third kappa shape index (κ3) is 3.33. The first-order chi connectivity index (χ1) is 8.15. The molecule has 0 atom stereocenters. The standard InChI is InChI=1S/C13H17BN2O/c1-15-6-8-16(9-7-15)13(17)10-11-2-4-12(14)5-3-11/h2-5H,6-10H2,1H3. The summed E-state index contributed by atoms with van der Waals surface area (Å²) in [5, 5.41) is 0. The van der Waals surface area contributed by atoms with Gasteiger partial charge in [-0.05, 0) is 12.6 Å². The lowest BCUT2D eigenvalue weighted by molar-refractivity contribution is -0.132. The van der Waals surface area contributed by atoms with Gasteiger partial charge in [-0.15, -0.1) is 0 Å². The summed E-state index contributed by atoms with van der Waals surface area (Å²) >= 11 is 0. The Morgan fingerprint density at radius 3 is 2.35 bits per heavy atom. The van der Waals surface area contributed by atoms with Gasteiger partial charge in [0.05, 0.1) is 6.42 Å². The average molecular weight is 228 g/mol. The van der Waals surface area contributed by atoms with Crippen LogP contribution in [0.2, 0.25) is 0 Å². The van der Waals surface area contributed by atoms with Crippen molar-refractivity contribution in [2.45, 2.75) is 6.42 Å². The molecule has 1 fully saturated rings. The maximum Gasteiger partial charge on any atom is 0.227 e. The van der Waals surface area contributed by atoms with Gasteiger partial charge in [0.25, 0.3) is 0 Å². The van der Waals surface area contributed by atoms with Crippen molar-refractivity contribution in [2.75, 3.05) is 33.2 Å². The number of benzene rings is 1. The van der Waals surface area contributed by atoms with Crippen molar-refractivity contribution in [3.8, 4) is 0 Å². The normalized spacial score (nSPS) is 17.1. The van der Waals surface area contributed by atoms with E-state index < -0.39 is 0 Å². The summed E-state index contributed by atoms with van der Waals surface area (Å²) in [6.07, 6.45) is 0.476. The molecule has 88 valence electrons. The predicted octanol–water partition coefficient (Wildman–Crippen LogP) is -0.203. The molecule has 1 aromatic rings. The van der Waals surface area contributed by atoms with Gasteiger partial charge in [0.2, 0.25) is 5.91 Å². The second kappa shape index (κ2) is 5.36. The van der Waals surface area contributed by atoms with Crippen molar-refractivity contribution in [2.24, 2.45) is 0 Å². The number of piperazine rings is 1. The molecule has 0 aliphatic carbocycles. The minimum atomic E-state index is 0.211. The number of nitrogens with zero attached hydrogens (tertiary/aromatic N) is 2. The molecule has 1 aromatic carbocycles. The van der Waals surface area contributed by atoms with Crippen molar-refractivity contribution in [3.63, 3.8) is 0 Å². The van der Waals surface area contributed by atoms with Crippen LogP contribution >= 0.6 is 0 Å². The van der Waals surface area contributed by atoms with Crippen LogP contribution in [0.25, 0.3) is 0 Å². The highest BCUT2D eigenvalue weighted by atomic mass is 16.2. The second-order valence-corrected chi connectivity index (χ2v) is 4.60. The van der Waals surface area contributed by atoms with E-state index in [-0.39, 0.29) is 5.91 Å². The predicted molar refractivity (Wildman–Crippen MR) is 69.6 cm³/mol. The second-order valence-electron chi connectivity index (χ2n) is 4.60. The molecule has 0 aromatic heterocycles. The molecule has 0 unspecified atom stereocenters. The highest BCUT2D eigenvalue weighted by Crippen LogP contribution is 2.05. The number of amides is 1. The lowest BCUT2D eigenvalue weighted by atomic mass is 9.95. The van der Waals surface area contributed by atoms with Crippen LogP contribution in [-0.4, -0.2) is 56.8 Å². The van der Waals surface area contributed by atoms with E-state index in [1.807, 2.05) is 29.2 Å². The first kappa shape index (κ1) is 12.2. The molecule has 1 amide bonds. The Bertz CT molecular complexity index is 383. The fourth-order valence-electron chi connectivity index (χ4n) is 1.98. The molecule has 17 heavy (non-hydrogen) atoms. The molecule has 1 aliphatic rings. The molecule has 1 saturated heterocycles. The first-order valence-corrected chi connectivity index (χ1v) is 5.96. The van der Waals surface area contributed by atoms with E-state index >= 15 is 0 Å². The Labute approximate surface area is 104 Å². The molecule has 4 heteroatoms. The van der Waals surface area contributed by atoms with E-state index in [9.17, 15) is 4.79 Å². The molecular weight excluding hydrogens is 211 g/mol. The van der Waals surface area contributed by atoms with Crippen LogP contribution in [0, 0.1) is 0 Å². The van der Waals surface area contributed by atoms with Gasteiger partial charge in [0.1, 0.15) is 7.85 Å². The fourth-order valence-corrected chi connectivity index (χ4v) is 1.98. The third-order valence-corrected chi connectivity index (χ3v) is 3.19. The molecule has 2 radical (unpaired) electrons. The molecule has 1 aliphatic heterocycles. The third-order valence-electron chi connectivity index (χ3n) is 3.19. The summed E-state index contributed by atoms with van der Waals surface area (Å²) < 4.78 is 0. The van der Waals surface area contributed by atoms with Crippen molar-refractivity contribution in [3.05, 3.63) is 29.8 Å². The molecule has 0 saturated carbocycles. The topological polar surface area (TPSA) is 23.6 Å². The molecule has 2 rings (SSSR count). The van der Waals surface area contributed by atoms with Gasteiger partial charge >= 0.3 is 0 Å². The van der Waals surface area contributed by atoms with Crippen LogP contribution in [0.3, 0.4) is 0 Å². The summed E-state index contributed by atoms with van der Waals surface area (Å²) in [5.41, 5.74) is 1.77. The highest BCUT2D eigenvalue weighted by Gasteiger charge is 2.18. The SMILES string of the molecule is [B]c1ccc(CC(=O)N2CCN(C)CC2)cc1. The highest BCUT2D eigenvalue weighted by molar-refractivity contribution is 6.32. The van der Waals surface area contributed by atoms with Crippen LogP contribution in [0.4, 0.5) is 0 Å². The average Bonchev–Trinajstić information content (AvgIpc) is 2.33. The summed E-state index contributed by atoms with van der Waals surface area (Å²) in [7, 11) is 7.70. The number of carbonyl (C=O) groups is 1. The molecular formula is C13H17BN2O. The summed E-state index contributed by atoms with van der Waals surface area (Å²) in [5.74, 6) is 0.211. The van der Waals surface area contributed by atoms with E-state index in [0.717, 1.165) is 37.2 Å². The number of hydrogen-bond donors (Lipinski definition) is 0. The van der Waals surface area contributed by atoms with E-state index in [2.05, 4.69) is 11.9 Å². The van der Waals surface area contributed by atoms with Crippen LogP contribution in [0.15, 0.2) is 24.3 Å². The van der Waals surface area contributed by atoms with Gasteiger partial charge in [-0.1, -0.05) is 29.7 Å². The van der Waals surface area contributed by atoms with Gasteiger partial charge in [0, 0.05) is 26.2 Å². The quantitative estimate of drug-likeness (QED) is 0.654. The maximum atomic E-state index is 12.0. The van der Waals surface area contributed by atoms with Crippen LogP contribution in [0.5, 0.6) is 0 Å². The van der Waals surface area contributed by atoms with Gasteiger partial charge in [-0.25, -0.2) is 0 Å². The van der Waals surface area contributed by atoms with E-state index in [1.165, 1.54) is 0 Å². The van der Waals surface area contributed by atoms with Crippen molar-refractivity contribution in [1.82, 2.24) is 9.80 Å². The number of rotatable bonds is 2. The van der Waals surface area contributed by atoms with Gasteiger partial charge in [0.15, 0.2) is 0 Å². The lowest BCUT2D eigenvalue weighted by Gasteiger charge is -2.32. The van der Waals surface area contributed by atoms with Gasteiger partial charge in [-0.2, -0.15) is 0 Å². The molecule has 3 nitrogen and oxygen atoms in total. The van der Waals surface area contributed by atoms with E-state index in [1.54, 1.807) is 0 Å². The Kier molecular flexibility index (Phi) is 3.84. The van der Waals surface area contributed by atoms with Crippen molar-refractivity contribution in [1.29, 1.82) is 0 Å². The fraction of sp³-hybridized carbons (Fsp3) is 0.462.